The van der Waals surface area contributed by atoms with Crippen LogP contribution in [0.25, 0.3) is 5.82 Å². The Morgan fingerprint density at radius 3 is 2.68 bits per heavy atom. The number of carbonyl (C=O) groups is 1. The summed E-state index contributed by atoms with van der Waals surface area (Å²) in [7, 11) is 0. The number of hydrogen-bond donors (Lipinski definition) is 0. The Morgan fingerprint density at radius 2 is 2.04 bits per heavy atom. The molecule has 0 saturated carbocycles. The molecule has 0 amide bonds. The van der Waals surface area contributed by atoms with E-state index in [0.29, 0.717) is 24.9 Å². The molecule has 2 rings (SSSR count). The van der Waals surface area contributed by atoms with Crippen LogP contribution in [0.2, 0.25) is 5.15 Å². The number of esters is 1. The minimum absolute atomic E-state index is 0.0468. The van der Waals surface area contributed by atoms with E-state index in [9.17, 15) is 4.79 Å². The van der Waals surface area contributed by atoms with Gasteiger partial charge < -0.3 is 9.47 Å². The maximum absolute atomic E-state index is 12.0. The zero-order chi connectivity index (χ0) is 18.4. The van der Waals surface area contributed by atoms with Gasteiger partial charge in [-0.1, -0.05) is 45.7 Å². The largest absolute Gasteiger partial charge is 0.476 e. The number of halogens is 1. The Bertz CT molecular complexity index is 723. The minimum Gasteiger partial charge on any atom is -0.476 e. The normalized spacial score (nSPS) is 11.4. The van der Waals surface area contributed by atoms with E-state index in [1.54, 1.807) is 29.1 Å². The molecule has 0 aliphatic heterocycles. The summed E-state index contributed by atoms with van der Waals surface area (Å²) >= 11 is 6.13. The fraction of sp³-hybridized carbons (Fsp3) is 0.500. The van der Waals surface area contributed by atoms with Crippen LogP contribution in [0.4, 0.5) is 0 Å². The molecule has 0 radical (unpaired) electrons. The van der Waals surface area contributed by atoms with E-state index < -0.39 is 5.97 Å². The lowest BCUT2D eigenvalue weighted by Crippen LogP contribution is -2.17. The van der Waals surface area contributed by atoms with Gasteiger partial charge in [0.1, 0.15) is 5.15 Å². The number of rotatable bonds is 7. The monoisotopic (exact) mass is 365 g/mol. The molecule has 6 nitrogen and oxygen atoms in total. The first kappa shape index (κ1) is 19.2. The van der Waals surface area contributed by atoms with E-state index in [1.807, 2.05) is 6.92 Å². The lowest BCUT2D eigenvalue weighted by atomic mass is 9.99. The number of hydrogen-bond acceptors (Lipinski definition) is 5. The average molecular weight is 366 g/mol. The van der Waals surface area contributed by atoms with E-state index in [1.165, 1.54) is 0 Å². The molecule has 136 valence electrons. The predicted molar refractivity (Wildman–Crippen MR) is 96.5 cm³/mol. The van der Waals surface area contributed by atoms with Gasteiger partial charge in [0.15, 0.2) is 5.82 Å². The first-order valence-corrected chi connectivity index (χ1v) is 8.70. The number of ether oxygens (including phenoxy) is 2. The highest BCUT2D eigenvalue weighted by Gasteiger charge is 2.15. The third-order valence-corrected chi connectivity index (χ3v) is 3.53. The summed E-state index contributed by atoms with van der Waals surface area (Å²) in [6.45, 7) is 9.22. The smallest absolute Gasteiger partial charge is 0.341 e. The lowest BCUT2D eigenvalue weighted by molar-refractivity contribution is 0.0499. The van der Waals surface area contributed by atoms with Crippen LogP contribution in [0, 0.1) is 5.41 Å². The first-order chi connectivity index (χ1) is 11.8. The minimum atomic E-state index is -0.466. The Balaban J connectivity index is 2.07. The topological polar surface area (TPSA) is 66.2 Å². The summed E-state index contributed by atoms with van der Waals surface area (Å²) in [5.41, 5.74) is 0.295. The molecule has 0 spiro atoms. The maximum atomic E-state index is 12.0. The Hall–Kier alpha value is -2.08. The highest BCUT2D eigenvalue weighted by molar-refractivity contribution is 6.32. The van der Waals surface area contributed by atoms with Crippen molar-refractivity contribution in [2.24, 2.45) is 5.41 Å². The number of nitrogens with zero attached hydrogens (tertiary/aromatic N) is 3. The molecule has 7 heteroatoms. The van der Waals surface area contributed by atoms with Crippen molar-refractivity contribution >= 4 is 17.6 Å². The van der Waals surface area contributed by atoms with E-state index in [4.69, 9.17) is 21.1 Å². The van der Waals surface area contributed by atoms with E-state index in [2.05, 4.69) is 30.9 Å². The van der Waals surface area contributed by atoms with E-state index in [-0.39, 0.29) is 16.1 Å². The van der Waals surface area contributed by atoms with Crippen molar-refractivity contribution in [3.05, 3.63) is 35.1 Å². The van der Waals surface area contributed by atoms with Gasteiger partial charge in [0, 0.05) is 12.3 Å². The highest BCUT2D eigenvalue weighted by atomic mass is 35.5. The maximum Gasteiger partial charge on any atom is 0.341 e. The highest BCUT2D eigenvalue weighted by Crippen LogP contribution is 2.20. The Labute approximate surface area is 153 Å². The van der Waals surface area contributed by atoms with Crippen molar-refractivity contribution in [1.29, 1.82) is 0 Å². The van der Waals surface area contributed by atoms with Crippen LogP contribution in [0.1, 0.15) is 50.9 Å². The molecule has 0 saturated heterocycles. The van der Waals surface area contributed by atoms with Gasteiger partial charge in [0.05, 0.1) is 18.8 Å². The molecule has 0 bridgehead atoms. The molecule has 0 aliphatic carbocycles. The molecular weight excluding hydrogens is 342 g/mol. The van der Waals surface area contributed by atoms with Gasteiger partial charge in [-0.05, 0) is 24.0 Å². The lowest BCUT2D eigenvalue weighted by Gasteiger charge is -2.17. The number of aromatic nitrogens is 3. The van der Waals surface area contributed by atoms with Crippen molar-refractivity contribution in [2.75, 3.05) is 13.2 Å². The van der Waals surface area contributed by atoms with Crippen molar-refractivity contribution in [3.63, 3.8) is 0 Å². The fourth-order valence-electron chi connectivity index (χ4n) is 1.89. The van der Waals surface area contributed by atoms with E-state index in [0.717, 1.165) is 12.8 Å². The molecule has 0 N–H and O–H groups in total. The van der Waals surface area contributed by atoms with Gasteiger partial charge in [0.25, 0.3) is 0 Å². The molecule has 0 aromatic carbocycles. The summed E-state index contributed by atoms with van der Waals surface area (Å²) in [5.74, 6) is 0.545. The van der Waals surface area contributed by atoms with Gasteiger partial charge in [-0.15, -0.1) is 5.10 Å². The summed E-state index contributed by atoms with van der Waals surface area (Å²) in [4.78, 5) is 16.2. The summed E-state index contributed by atoms with van der Waals surface area (Å²) in [5, 5.41) is 4.41. The van der Waals surface area contributed by atoms with Crippen molar-refractivity contribution in [1.82, 2.24) is 14.8 Å². The second kappa shape index (κ2) is 8.34. The standard InChI is InChI=1S/C18H24ClN3O3/c1-5-6-11-24-17(23)13-7-8-14(20-16(13)19)22-10-9-15(21-22)25-12-18(2,3)4/h7-10H,5-6,11-12H2,1-4H3. The van der Waals surface area contributed by atoms with Crippen LogP contribution in [-0.4, -0.2) is 33.9 Å². The van der Waals surface area contributed by atoms with Gasteiger partial charge in [-0.3, -0.25) is 0 Å². The molecule has 0 fully saturated rings. The van der Waals surface area contributed by atoms with Crippen molar-refractivity contribution in [2.45, 2.75) is 40.5 Å². The van der Waals surface area contributed by atoms with Gasteiger partial charge in [0.2, 0.25) is 5.88 Å². The third kappa shape index (κ3) is 5.74. The molecule has 0 unspecified atom stereocenters. The van der Waals surface area contributed by atoms with Gasteiger partial charge in [-0.2, -0.15) is 0 Å². The average Bonchev–Trinajstić information content (AvgIpc) is 3.01. The summed E-state index contributed by atoms with van der Waals surface area (Å²) in [6, 6.07) is 5.02. The Kier molecular flexibility index (Phi) is 6.42. The second-order valence-corrected chi connectivity index (χ2v) is 7.30. The van der Waals surface area contributed by atoms with E-state index >= 15 is 0 Å². The van der Waals surface area contributed by atoms with Gasteiger partial charge >= 0.3 is 5.97 Å². The molecule has 0 atom stereocenters. The molecule has 2 aromatic rings. The zero-order valence-electron chi connectivity index (χ0n) is 15.1. The van der Waals surface area contributed by atoms with Crippen LogP contribution in [0.3, 0.4) is 0 Å². The van der Waals surface area contributed by atoms with Crippen LogP contribution in [0.15, 0.2) is 24.4 Å². The third-order valence-electron chi connectivity index (χ3n) is 3.24. The number of pyridine rings is 1. The number of carbonyl (C=O) groups excluding carboxylic acids is 1. The fourth-order valence-corrected chi connectivity index (χ4v) is 2.12. The van der Waals surface area contributed by atoms with Crippen molar-refractivity contribution in [3.8, 4) is 11.7 Å². The molecule has 25 heavy (non-hydrogen) atoms. The van der Waals surface area contributed by atoms with Crippen LogP contribution >= 0.6 is 11.6 Å². The summed E-state index contributed by atoms with van der Waals surface area (Å²) in [6.07, 6.45) is 3.51. The van der Waals surface area contributed by atoms with Crippen LogP contribution < -0.4 is 4.74 Å². The number of unbranched alkanes of at least 4 members (excludes halogenated alkanes) is 1. The van der Waals surface area contributed by atoms with Crippen molar-refractivity contribution < 1.29 is 14.3 Å². The van der Waals surface area contributed by atoms with Gasteiger partial charge in [-0.25, -0.2) is 14.5 Å². The Morgan fingerprint density at radius 1 is 1.28 bits per heavy atom. The molecule has 2 aromatic heterocycles. The zero-order valence-corrected chi connectivity index (χ0v) is 15.8. The molecule has 0 aliphatic rings. The quantitative estimate of drug-likeness (QED) is 0.415. The first-order valence-electron chi connectivity index (χ1n) is 8.32. The summed E-state index contributed by atoms with van der Waals surface area (Å²) < 4.78 is 12.4. The molecule has 2 heterocycles. The second-order valence-electron chi connectivity index (χ2n) is 6.95. The molecular formula is C18H24ClN3O3. The van der Waals surface area contributed by atoms with Crippen LogP contribution in [-0.2, 0) is 4.74 Å². The SMILES string of the molecule is CCCCOC(=O)c1ccc(-n2ccc(OCC(C)(C)C)n2)nc1Cl. The van der Waals surface area contributed by atoms with Crippen LogP contribution in [0.5, 0.6) is 5.88 Å². The predicted octanol–water partition coefficient (Wildman–Crippen LogP) is 4.30.